The molecule has 1 aliphatic heterocycles. The van der Waals surface area contributed by atoms with Crippen LogP contribution >= 0.6 is 11.3 Å². The van der Waals surface area contributed by atoms with Gasteiger partial charge in [-0.05, 0) is 30.9 Å². The average Bonchev–Trinajstić information content (AvgIpc) is 3.26. The van der Waals surface area contributed by atoms with E-state index in [1.807, 2.05) is 24.4 Å². The Labute approximate surface area is 204 Å². The molecule has 4 amide bonds. The highest BCUT2D eigenvalue weighted by atomic mass is 32.1. The summed E-state index contributed by atoms with van der Waals surface area (Å²) in [4.78, 5) is 66.6. The van der Waals surface area contributed by atoms with Crippen LogP contribution < -0.4 is 10.9 Å². The van der Waals surface area contributed by atoms with Crippen LogP contribution in [0, 0.1) is 6.92 Å². The summed E-state index contributed by atoms with van der Waals surface area (Å²) in [5.41, 5.74) is 6.10. The van der Waals surface area contributed by atoms with E-state index in [-0.39, 0.29) is 25.8 Å². The summed E-state index contributed by atoms with van der Waals surface area (Å²) in [7, 11) is 0. The van der Waals surface area contributed by atoms with Crippen molar-refractivity contribution in [3.8, 4) is 0 Å². The summed E-state index contributed by atoms with van der Waals surface area (Å²) >= 11 is 1.34. The van der Waals surface area contributed by atoms with Gasteiger partial charge in [-0.1, -0.05) is 24.3 Å². The molecule has 10 nitrogen and oxygen atoms in total. The molecule has 0 radical (unpaired) electrons. The van der Waals surface area contributed by atoms with Gasteiger partial charge in [-0.15, -0.1) is 11.3 Å². The first kappa shape index (κ1) is 24.0. The zero-order valence-electron chi connectivity index (χ0n) is 18.8. The number of aromatic nitrogens is 1. The molecule has 0 fully saturated rings. The molecule has 1 aromatic heterocycles. The van der Waals surface area contributed by atoms with Gasteiger partial charge in [0.25, 0.3) is 17.7 Å². The number of nitrogens with one attached hydrogen (secondary N) is 2. The fraction of sp³-hybridized carbons (Fsp3) is 0.250. The third-order valence-corrected chi connectivity index (χ3v) is 6.27. The van der Waals surface area contributed by atoms with Crippen molar-refractivity contribution < 1.29 is 28.7 Å². The Hall–Kier alpha value is -4.12. The summed E-state index contributed by atoms with van der Waals surface area (Å²) < 4.78 is 4.90. The predicted molar refractivity (Wildman–Crippen MR) is 126 cm³/mol. The van der Waals surface area contributed by atoms with Gasteiger partial charge >= 0.3 is 5.97 Å². The minimum atomic E-state index is -0.701. The molecule has 11 heteroatoms. The van der Waals surface area contributed by atoms with Gasteiger partial charge in [-0.2, -0.15) is 0 Å². The number of ether oxygens (including phenoxy) is 1. The summed E-state index contributed by atoms with van der Waals surface area (Å²) in [6.45, 7) is 1.28. The Morgan fingerprint density at radius 2 is 1.66 bits per heavy atom. The quantitative estimate of drug-likeness (QED) is 0.277. The molecule has 2 N–H and O–H groups in total. The van der Waals surface area contributed by atoms with Crippen LogP contribution in [-0.2, 0) is 25.5 Å². The molecule has 180 valence electrons. The number of esters is 1. The van der Waals surface area contributed by atoms with Crippen molar-refractivity contribution in [1.82, 2.24) is 20.7 Å². The predicted octanol–water partition coefficient (Wildman–Crippen LogP) is 1.91. The second-order valence-corrected chi connectivity index (χ2v) is 8.83. The molecule has 4 rings (SSSR count). The molecule has 0 atom stereocenters. The van der Waals surface area contributed by atoms with Gasteiger partial charge in [0.15, 0.2) is 6.61 Å². The minimum absolute atomic E-state index is 0.0193. The normalized spacial score (nSPS) is 12.5. The van der Waals surface area contributed by atoms with E-state index in [0.29, 0.717) is 21.5 Å². The van der Waals surface area contributed by atoms with Gasteiger partial charge in [-0.25, -0.2) is 4.98 Å². The van der Waals surface area contributed by atoms with Crippen LogP contribution in [-0.4, -0.2) is 52.6 Å². The van der Waals surface area contributed by atoms with E-state index < -0.39 is 36.2 Å². The molecule has 0 bridgehead atoms. The number of thiazole rings is 1. The van der Waals surface area contributed by atoms with E-state index in [4.69, 9.17) is 4.74 Å². The maximum atomic E-state index is 12.8. The number of carbonyl (C=O) groups excluding carboxylic acids is 5. The number of hydrogen-bond acceptors (Lipinski definition) is 8. The molecule has 2 heterocycles. The maximum absolute atomic E-state index is 12.8. The fourth-order valence-electron chi connectivity index (χ4n) is 3.72. The van der Waals surface area contributed by atoms with E-state index >= 15 is 0 Å². The second kappa shape index (κ2) is 10.4. The topological polar surface area (TPSA) is 135 Å². The van der Waals surface area contributed by atoms with E-state index in [0.717, 1.165) is 16.0 Å². The lowest BCUT2D eigenvalue weighted by Crippen LogP contribution is -2.44. The summed E-state index contributed by atoms with van der Waals surface area (Å²) in [5, 5.41) is 3.89. The molecule has 0 saturated carbocycles. The minimum Gasteiger partial charge on any atom is -0.455 e. The molecule has 0 aliphatic carbocycles. The number of hydrazine groups is 1. The van der Waals surface area contributed by atoms with Crippen LogP contribution in [0.2, 0.25) is 0 Å². The van der Waals surface area contributed by atoms with Gasteiger partial charge in [-0.3, -0.25) is 39.7 Å². The first-order valence-electron chi connectivity index (χ1n) is 10.9. The van der Waals surface area contributed by atoms with Crippen molar-refractivity contribution in [1.29, 1.82) is 0 Å². The zero-order valence-corrected chi connectivity index (χ0v) is 19.6. The highest BCUT2D eigenvalue weighted by Gasteiger charge is 2.32. The van der Waals surface area contributed by atoms with Crippen molar-refractivity contribution in [2.45, 2.75) is 26.2 Å². The van der Waals surface area contributed by atoms with Crippen molar-refractivity contribution in [3.05, 3.63) is 63.6 Å². The van der Waals surface area contributed by atoms with Gasteiger partial charge < -0.3 is 4.74 Å². The van der Waals surface area contributed by atoms with Crippen molar-refractivity contribution in [2.75, 3.05) is 13.2 Å². The Balaban J connectivity index is 1.19. The Morgan fingerprint density at radius 1 is 1.00 bits per heavy atom. The number of amides is 4. The van der Waals surface area contributed by atoms with E-state index in [9.17, 15) is 24.0 Å². The Bertz CT molecular complexity index is 1280. The number of benzene rings is 2. The van der Waals surface area contributed by atoms with E-state index in [1.54, 1.807) is 24.3 Å². The summed E-state index contributed by atoms with van der Waals surface area (Å²) in [5.74, 6) is -2.63. The fourth-order valence-corrected chi connectivity index (χ4v) is 4.49. The lowest BCUT2D eigenvalue weighted by atomic mass is 9.94. The Morgan fingerprint density at radius 3 is 2.29 bits per heavy atom. The summed E-state index contributed by atoms with van der Waals surface area (Å²) in [6, 6.07) is 10.6. The number of nitrogens with zero attached hydrogens (tertiary/aromatic N) is 2. The van der Waals surface area contributed by atoms with Crippen LogP contribution in [0.1, 0.15) is 44.3 Å². The van der Waals surface area contributed by atoms with Gasteiger partial charge in [0.1, 0.15) is 5.01 Å². The molecule has 2 aromatic carbocycles. The molecular formula is C24H22N4O6S. The molecule has 0 saturated heterocycles. The van der Waals surface area contributed by atoms with Crippen molar-refractivity contribution in [3.63, 3.8) is 0 Å². The molecule has 3 aromatic rings. The van der Waals surface area contributed by atoms with E-state index in [2.05, 4.69) is 15.8 Å². The number of carbonyl (C=O) groups is 5. The molecule has 35 heavy (non-hydrogen) atoms. The van der Waals surface area contributed by atoms with Gasteiger partial charge in [0, 0.05) is 40.6 Å². The maximum Gasteiger partial charge on any atom is 0.306 e. The second-order valence-electron chi connectivity index (χ2n) is 7.89. The largest absolute Gasteiger partial charge is 0.455 e. The highest BCUT2D eigenvalue weighted by Crippen LogP contribution is 2.30. The average molecular weight is 495 g/mol. The molecule has 0 spiro atoms. The number of imide groups is 1. The van der Waals surface area contributed by atoms with Crippen LogP contribution in [0.3, 0.4) is 0 Å². The number of aryl methyl sites for hydroxylation is 1. The highest BCUT2D eigenvalue weighted by molar-refractivity contribution is 7.09. The lowest BCUT2D eigenvalue weighted by molar-refractivity contribution is -0.149. The third-order valence-electron chi connectivity index (χ3n) is 5.30. The number of hydrogen-bond donors (Lipinski definition) is 2. The smallest absolute Gasteiger partial charge is 0.306 e. The zero-order chi connectivity index (χ0) is 24.9. The lowest BCUT2D eigenvalue weighted by Gasteiger charge is -2.27. The molecule has 0 unspecified atom stereocenters. The van der Waals surface area contributed by atoms with Crippen LogP contribution in [0.15, 0.2) is 41.8 Å². The standard InChI is InChI=1S/C24H22N4O6S/c1-14-13-35-20(25-14)11-18(29)26-27-19(30)12-34-21(31)9-4-10-28-23(32)16-7-2-5-15-6-3-8-17(22(15)16)24(28)33/h2-3,5-8,13H,4,9-12H2,1H3,(H,26,29)(H,27,30). The Kier molecular flexibility index (Phi) is 7.16. The summed E-state index contributed by atoms with van der Waals surface area (Å²) in [6.07, 6.45) is 0.109. The first-order valence-corrected chi connectivity index (χ1v) is 11.7. The number of rotatable bonds is 8. The van der Waals surface area contributed by atoms with Crippen LogP contribution in [0.25, 0.3) is 10.8 Å². The molecular weight excluding hydrogens is 472 g/mol. The van der Waals surface area contributed by atoms with E-state index in [1.165, 1.54) is 11.3 Å². The first-order chi connectivity index (χ1) is 16.8. The van der Waals surface area contributed by atoms with Gasteiger partial charge in [0.2, 0.25) is 5.91 Å². The van der Waals surface area contributed by atoms with Gasteiger partial charge in [0.05, 0.1) is 6.42 Å². The molecule has 1 aliphatic rings. The third kappa shape index (κ3) is 5.52. The van der Waals surface area contributed by atoms with Crippen molar-refractivity contribution in [2.24, 2.45) is 0 Å². The monoisotopic (exact) mass is 494 g/mol. The van der Waals surface area contributed by atoms with Crippen LogP contribution in [0.5, 0.6) is 0 Å². The van der Waals surface area contributed by atoms with Crippen molar-refractivity contribution >= 4 is 51.7 Å². The SMILES string of the molecule is Cc1csc(CC(=O)NNC(=O)COC(=O)CCCN2C(=O)c3cccc4cccc(c34)C2=O)n1. The van der Waals surface area contributed by atoms with Crippen LogP contribution in [0.4, 0.5) is 0 Å².